The van der Waals surface area contributed by atoms with E-state index in [1.54, 1.807) is 0 Å². The molecule has 0 amide bonds. The second kappa shape index (κ2) is 1.92. The van der Waals surface area contributed by atoms with Gasteiger partial charge >= 0.3 is 0 Å². The first kappa shape index (κ1) is 5.25. The van der Waals surface area contributed by atoms with Gasteiger partial charge in [-0.05, 0) is 12.2 Å². The Morgan fingerprint density at radius 2 is 1.62 bits per heavy atom. The van der Waals surface area contributed by atoms with Gasteiger partial charge < -0.3 is 5.73 Å². The zero-order valence-electron chi connectivity index (χ0n) is 4.59. The van der Waals surface area contributed by atoms with Crippen LogP contribution in [0.25, 0.3) is 0 Å². The van der Waals surface area contributed by atoms with Crippen molar-refractivity contribution in [3.8, 4) is 0 Å². The number of allylic oxidation sites excluding steroid dienone is 2. The SMILES string of the molecule is [NH2+]=C1C=C[C]([NH3+])C=C1. The van der Waals surface area contributed by atoms with E-state index in [9.17, 15) is 0 Å². The molecule has 5 N–H and O–H groups in total. The van der Waals surface area contributed by atoms with Crippen LogP contribution < -0.4 is 11.1 Å². The van der Waals surface area contributed by atoms with Gasteiger partial charge in [-0.2, -0.15) is 0 Å². The van der Waals surface area contributed by atoms with Gasteiger partial charge in [0.15, 0.2) is 11.8 Å². The van der Waals surface area contributed by atoms with Crippen molar-refractivity contribution >= 4 is 5.71 Å². The summed E-state index contributed by atoms with van der Waals surface area (Å²) < 4.78 is 0. The highest BCUT2D eigenvalue weighted by Gasteiger charge is 2.04. The number of nitrogens with two attached hydrogens (primary N) is 1. The van der Waals surface area contributed by atoms with Crippen LogP contribution in [0.5, 0.6) is 0 Å². The summed E-state index contributed by atoms with van der Waals surface area (Å²) in [6.07, 6.45) is 7.44. The minimum Gasteiger partial charge on any atom is -0.340 e. The quantitative estimate of drug-likeness (QED) is 0.364. The molecule has 0 bridgehead atoms. The van der Waals surface area contributed by atoms with Crippen LogP contribution >= 0.6 is 0 Å². The lowest BCUT2D eigenvalue weighted by molar-refractivity contribution is -0.330. The van der Waals surface area contributed by atoms with Crippen LogP contribution in [-0.4, -0.2) is 5.71 Å². The molecule has 0 heterocycles. The van der Waals surface area contributed by atoms with Gasteiger partial charge in [-0.25, -0.2) is 0 Å². The summed E-state index contributed by atoms with van der Waals surface area (Å²) in [5.41, 5.74) is 4.50. The molecule has 0 aliphatic heterocycles. The van der Waals surface area contributed by atoms with Crippen LogP contribution in [0.1, 0.15) is 0 Å². The maximum absolute atomic E-state index is 5.40. The lowest BCUT2D eigenvalue weighted by Crippen LogP contribution is -2.53. The molecule has 2 heteroatoms. The highest BCUT2D eigenvalue weighted by molar-refractivity contribution is 6.00. The van der Waals surface area contributed by atoms with E-state index in [0.717, 1.165) is 11.8 Å². The van der Waals surface area contributed by atoms with E-state index in [-0.39, 0.29) is 0 Å². The van der Waals surface area contributed by atoms with Crippen molar-refractivity contribution in [2.75, 3.05) is 0 Å². The first-order valence-corrected chi connectivity index (χ1v) is 2.46. The third-order valence-electron chi connectivity index (χ3n) is 0.980. The Kier molecular flexibility index (Phi) is 1.26. The van der Waals surface area contributed by atoms with Crippen molar-refractivity contribution in [2.24, 2.45) is 0 Å². The van der Waals surface area contributed by atoms with Crippen LogP contribution in [0.2, 0.25) is 0 Å². The summed E-state index contributed by atoms with van der Waals surface area (Å²) in [7, 11) is 0. The van der Waals surface area contributed by atoms with Gasteiger partial charge in [-0.1, -0.05) is 0 Å². The van der Waals surface area contributed by atoms with Gasteiger partial charge in [-0.15, -0.1) is 0 Å². The molecule has 0 unspecified atom stereocenters. The third-order valence-corrected chi connectivity index (χ3v) is 0.980. The molecule has 0 spiro atoms. The molecule has 0 atom stereocenters. The van der Waals surface area contributed by atoms with Crippen LogP contribution in [0, 0.1) is 6.04 Å². The van der Waals surface area contributed by atoms with Gasteiger partial charge in [0, 0.05) is 12.2 Å². The van der Waals surface area contributed by atoms with Gasteiger partial charge in [0.2, 0.25) is 0 Å². The number of quaternary nitrogens is 1. The molecular formula is C6H9N2+2. The second-order valence-electron chi connectivity index (χ2n) is 1.74. The fraction of sp³-hybridized carbons (Fsp3) is 0. The Hall–Kier alpha value is -0.890. The normalized spacial score (nSPS) is 19.9. The first-order valence-electron chi connectivity index (χ1n) is 2.46. The largest absolute Gasteiger partial charge is 0.340 e. The zero-order valence-corrected chi connectivity index (χ0v) is 4.59. The van der Waals surface area contributed by atoms with Crippen molar-refractivity contribution in [3.05, 3.63) is 30.3 Å². The molecule has 2 nitrogen and oxygen atoms in total. The summed E-state index contributed by atoms with van der Waals surface area (Å²) in [6, 6.07) is 0.999. The Morgan fingerprint density at radius 1 is 1.12 bits per heavy atom. The maximum Gasteiger partial charge on any atom is 0.196 e. The fourth-order valence-electron chi connectivity index (χ4n) is 0.518. The van der Waals surface area contributed by atoms with Crippen molar-refractivity contribution in [1.82, 2.24) is 0 Å². The topological polar surface area (TPSA) is 53.2 Å². The third kappa shape index (κ3) is 1.04. The minimum atomic E-state index is 0.789. The lowest BCUT2D eigenvalue weighted by atomic mass is 10.1. The van der Waals surface area contributed by atoms with Crippen molar-refractivity contribution < 1.29 is 11.1 Å². The Bertz CT molecular complexity index is 140. The second-order valence-corrected chi connectivity index (χ2v) is 1.74. The van der Waals surface area contributed by atoms with E-state index in [2.05, 4.69) is 5.73 Å². The average molecular weight is 109 g/mol. The predicted octanol–water partition coefficient (Wildman–Crippen LogP) is -1.91. The van der Waals surface area contributed by atoms with Crippen LogP contribution in [-0.2, 0) is 0 Å². The smallest absolute Gasteiger partial charge is 0.196 e. The summed E-state index contributed by atoms with van der Waals surface area (Å²) in [6.45, 7) is 0. The number of hydrogen-bond donors (Lipinski definition) is 2. The fourth-order valence-corrected chi connectivity index (χ4v) is 0.518. The molecule has 0 saturated carbocycles. The molecule has 1 aliphatic carbocycles. The first-order chi connectivity index (χ1) is 3.79. The molecule has 0 aromatic carbocycles. The molecule has 1 radical (unpaired) electrons. The summed E-state index contributed by atoms with van der Waals surface area (Å²) in [4.78, 5) is 0. The monoisotopic (exact) mass is 109 g/mol. The standard InChI is InChI=1S/C6H8N2/c7-5-1-2-6(8)4-3-5/h1-4,7H,8H3/q+1/p+1. The van der Waals surface area contributed by atoms with Gasteiger partial charge in [0.05, 0.1) is 0 Å². The number of hydrogen-bond acceptors (Lipinski definition) is 0. The molecule has 41 valence electrons. The van der Waals surface area contributed by atoms with E-state index in [1.807, 2.05) is 24.3 Å². The minimum absolute atomic E-state index is 0.789. The Labute approximate surface area is 48.2 Å². The Morgan fingerprint density at radius 3 is 2.00 bits per heavy atom. The van der Waals surface area contributed by atoms with E-state index >= 15 is 0 Å². The van der Waals surface area contributed by atoms with Crippen molar-refractivity contribution in [3.63, 3.8) is 0 Å². The van der Waals surface area contributed by atoms with E-state index in [4.69, 9.17) is 5.41 Å². The van der Waals surface area contributed by atoms with Crippen LogP contribution in [0.3, 0.4) is 0 Å². The molecule has 0 aromatic heterocycles. The predicted molar refractivity (Wildman–Crippen MR) is 31.3 cm³/mol. The molecule has 1 aliphatic rings. The van der Waals surface area contributed by atoms with Gasteiger partial charge in [-0.3, -0.25) is 5.41 Å². The van der Waals surface area contributed by atoms with Gasteiger partial charge in [0.1, 0.15) is 0 Å². The molecule has 1 rings (SSSR count). The molecule has 8 heavy (non-hydrogen) atoms. The Balaban J connectivity index is 2.68. The van der Waals surface area contributed by atoms with E-state index in [0.29, 0.717) is 0 Å². The van der Waals surface area contributed by atoms with Gasteiger partial charge in [0.25, 0.3) is 0 Å². The van der Waals surface area contributed by atoms with Crippen molar-refractivity contribution in [1.29, 1.82) is 0 Å². The van der Waals surface area contributed by atoms with Crippen molar-refractivity contribution in [2.45, 2.75) is 0 Å². The molecule has 0 saturated heterocycles. The lowest BCUT2D eigenvalue weighted by Gasteiger charge is -1.93. The highest BCUT2D eigenvalue weighted by atomic mass is 14.6. The summed E-state index contributed by atoms with van der Waals surface area (Å²) in [5, 5.41) is 5.40. The molecule has 0 fully saturated rings. The van der Waals surface area contributed by atoms with E-state index in [1.165, 1.54) is 0 Å². The number of rotatable bonds is 0. The van der Waals surface area contributed by atoms with E-state index < -0.39 is 0 Å². The van der Waals surface area contributed by atoms with Crippen LogP contribution in [0.15, 0.2) is 24.3 Å². The van der Waals surface area contributed by atoms with Crippen LogP contribution in [0.4, 0.5) is 0 Å². The molecule has 0 aromatic rings. The molecular weight excluding hydrogens is 100 g/mol. The summed E-state index contributed by atoms with van der Waals surface area (Å²) in [5.74, 6) is 0. The zero-order chi connectivity index (χ0) is 5.98. The summed E-state index contributed by atoms with van der Waals surface area (Å²) >= 11 is 0. The highest BCUT2D eigenvalue weighted by Crippen LogP contribution is 1.97. The maximum atomic E-state index is 5.40. The average Bonchev–Trinajstić information content (AvgIpc) is 1.77.